The van der Waals surface area contributed by atoms with Crippen molar-refractivity contribution in [3.8, 4) is 11.5 Å². The smallest absolute Gasteiger partial charge is 0.343 e. The van der Waals surface area contributed by atoms with Crippen LogP contribution in [0.1, 0.15) is 99.7 Å². The minimum absolute atomic E-state index is 0.0250. The summed E-state index contributed by atoms with van der Waals surface area (Å²) >= 11 is 0. The van der Waals surface area contributed by atoms with Gasteiger partial charge >= 0.3 is 11.8 Å². The Morgan fingerprint density at radius 2 is 1.36 bits per heavy atom. The van der Waals surface area contributed by atoms with Crippen LogP contribution in [0.5, 0.6) is 11.5 Å². The molecule has 0 saturated carbocycles. The highest BCUT2D eigenvalue weighted by molar-refractivity contribution is 6.33. The normalized spacial score (nSPS) is 29.5. The third kappa shape index (κ3) is 9.09. The quantitative estimate of drug-likeness (QED) is 0.135. The number of hydrogen-bond donors (Lipinski definition) is 5. The van der Waals surface area contributed by atoms with Crippen LogP contribution in [-0.2, 0) is 14.3 Å². The van der Waals surface area contributed by atoms with E-state index in [1.54, 1.807) is 76.2 Å². The molecule has 0 saturated heterocycles. The highest BCUT2D eigenvalue weighted by Gasteiger charge is 2.53. The first-order valence-corrected chi connectivity index (χ1v) is 21.2. The van der Waals surface area contributed by atoms with Crippen LogP contribution in [0.25, 0.3) is 0 Å². The highest BCUT2D eigenvalue weighted by atomic mass is 16.7. The van der Waals surface area contributed by atoms with Crippen LogP contribution in [0.4, 0.5) is 5.69 Å². The van der Waals surface area contributed by atoms with Crippen molar-refractivity contribution in [3.63, 3.8) is 0 Å². The molecule has 9 atom stereocenters. The second-order valence-corrected chi connectivity index (χ2v) is 17.2. The molecule has 0 unspecified atom stereocenters. The van der Waals surface area contributed by atoms with Crippen LogP contribution in [0.2, 0.25) is 0 Å². The molecule has 14 heteroatoms. The second kappa shape index (κ2) is 18.9. The number of anilines is 1. The Balaban J connectivity index is 1.56. The third-order valence-corrected chi connectivity index (χ3v) is 12.5. The molecule has 1 amide bonds. The molecule has 64 heavy (non-hydrogen) atoms. The standard InChI is InChI=1S/C50H56N2O12/c1-24-14-18-32(19-15-24)49(60)63-45-31(8)46-37-35-36(45)44(57)39(38(43(35)56)51-33-20-16-25(2)17-21-33)52-48(59)27(4)13-11-12-26(3)40(53)29(6)42(55)30(7)41(54)28(5)34(61-10)22-23-62-50(9,64-46)47(37)58/h11-23,26,28-30,34,40-42,51,53-55H,1-10H3,(H,52,59)/b12-11+,23-22+,27-13-/t26-,28+,29+,30+,34-,40-,41+,42-,50-/m0/s1. The van der Waals surface area contributed by atoms with Gasteiger partial charge in [0.15, 0.2) is 0 Å². The Bertz CT molecular complexity index is 2480. The minimum atomic E-state index is -2.14. The summed E-state index contributed by atoms with van der Waals surface area (Å²) in [6.07, 6.45) is 3.15. The van der Waals surface area contributed by atoms with Crippen molar-refractivity contribution in [1.29, 1.82) is 0 Å². The summed E-state index contributed by atoms with van der Waals surface area (Å²) in [4.78, 5) is 72.7. The van der Waals surface area contributed by atoms with Gasteiger partial charge in [-0.3, -0.25) is 19.2 Å². The van der Waals surface area contributed by atoms with Crippen molar-refractivity contribution in [2.45, 2.75) is 92.5 Å². The number of carbonyl (C=O) groups excluding carboxylic acids is 5. The van der Waals surface area contributed by atoms with Crippen LogP contribution in [0, 0.1) is 44.4 Å². The summed E-state index contributed by atoms with van der Waals surface area (Å²) in [5.41, 5.74) is 0.388. The number of nitrogens with one attached hydrogen (secondary N) is 2. The topological polar surface area (TPSA) is 207 Å². The zero-order valence-corrected chi connectivity index (χ0v) is 37.6. The van der Waals surface area contributed by atoms with E-state index >= 15 is 9.59 Å². The first-order chi connectivity index (χ1) is 30.2. The lowest BCUT2D eigenvalue weighted by atomic mass is 9.78. The number of carbonyl (C=O) groups is 5. The Hall–Kier alpha value is -6.19. The molecule has 0 aromatic heterocycles. The minimum Gasteiger partial charge on any atom is -0.454 e. The van der Waals surface area contributed by atoms with Crippen molar-refractivity contribution < 1.29 is 58.2 Å². The molecule has 0 fully saturated rings. The number of esters is 1. The van der Waals surface area contributed by atoms with Gasteiger partial charge in [0.2, 0.25) is 11.6 Å². The second-order valence-electron chi connectivity index (χ2n) is 17.2. The summed E-state index contributed by atoms with van der Waals surface area (Å²) in [5.74, 6) is -9.59. The number of aliphatic hydroxyl groups is 3. The fraction of sp³-hybridized carbons (Fsp3) is 0.380. The van der Waals surface area contributed by atoms with Crippen molar-refractivity contribution in [3.05, 3.63) is 135 Å². The zero-order valence-electron chi connectivity index (χ0n) is 37.6. The highest BCUT2D eigenvalue weighted by Crippen LogP contribution is 2.49. The van der Waals surface area contributed by atoms with Gasteiger partial charge in [0.1, 0.15) is 22.9 Å². The molecule has 0 radical (unpaired) electrons. The van der Waals surface area contributed by atoms with Gasteiger partial charge in [-0.15, -0.1) is 0 Å². The molecule has 5 bridgehead atoms. The van der Waals surface area contributed by atoms with Gasteiger partial charge in [0.05, 0.1) is 52.9 Å². The first-order valence-electron chi connectivity index (χ1n) is 21.2. The number of aliphatic hydroxyl groups excluding tert-OH is 3. The van der Waals surface area contributed by atoms with Crippen LogP contribution in [-0.4, -0.2) is 81.9 Å². The summed E-state index contributed by atoms with van der Waals surface area (Å²) in [7, 11) is 1.42. The van der Waals surface area contributed by atoms with E-state index in [0.29, 0.717) is 5.69 Å². The number of rotatable bonds is 5. The SMILES string of the molecule is CO[C@H]1/C=C/O[C@@]2(C)Oc3c(C)c(OC(=O)c4ccc(C)cc4)c4c(c3C2=O)C(=O)C(Nc2ccc(C)cc2)=C(NC(=O)/C(C)=C\C=C\[C@H](C)[C@H](O)[C@@H](C)[C@H](O)[C@H](C)[C@H](O)[C@@H]1C)C4=O. The molecule has 14 nitrogen and oxygen atoms in total. The van der Waals surface area contributed by atoms with Gasteiger partial charge in [-0.05, 0) is 58.0 Å². The fourth-order valence-electron chi connectivity index (χ4n) is 8.16. The summed E-state index contributed by atoms with van der Waals surface area (Å²) in [6.45, 7) is 14.8. The fourth-order valence-corrected chi connectivity index (χ4v) is 8.16. The van der Waals surface area contributed by atoms with Gasteiger partial charge in [0.25, 0.3) is 11.7 Å². The van der Waals surface area contributed by atoms with E-state index in [9.17, 15) is 29.7 Å². The van der Waals surface area contributed by atoms with E-state index in [1.807, 2.05) is 13.8 Å². The zero-order chi connectivity index (χ0) is 46.9. The number of amides is 1. The molecule has 4 aliphatic rings. The molecule has 5 N–H and O–H groups in total. The van der Waals surface area contributed by atoms with Crippen LogP contribution in [0.15, 0.2) is 96.1 Å². The molecule has 1 aliphatic carbocycles. The van der Waals surface area contributed by atoms with E-state index in [-0.39, 0.29) is 39.5 Å². The molecule has 3 aromatic rings. The van der Waals surface area contributed by atoms with Gasteiger partial charge in [-0.1, -0.05) is 81.3 Å². The molecule has 3 heterocycles. The van der Waals surface area contributed by atoms with Crippen molar-refractivity contribution in [2.75, 3.05) is 12.4 Å². The van der Waals surface area contributed by atoms with E-state index in [1.165, 1.54) is 58.4 Å². The van der Waals surface area contributed by atoms with Crippen LogP contribution < -0.4 is 20.1 Å². The lowest BCUT2D eigenvalue weighted by Crippen LogP contribution is -2.45. The number of allylic oxidation sites excluding steroid dienone is 4. The predicted molar refractivity (Wildman–Crippen MR) is 238 cm³/mol. The van der Waals surface area contributed by atoms with E-state index in [2.05, 4.69) is 10.6 Å². The number of fused-ring (bicyclic) bond motifs is 14. The summed E-state index contributed by atoms with van der Waals surface area (Å²) in [5, 5.41) is 39.7. The van der Waals surface area contributed by atoms with Crippen molar-refractivity contribution in [1.82, 2.24) is 5.32 Å². The van der Waals surface area contributed by atoms with Gasteiger partial charge in [-0.25, -0.2) is 4.79 Å². The molecule has 3 aliphatic heterocycles. The molecule has 3 aromatic carbocycles. The van der Waals surface area contributed by atoms with Gasteiger partial charge in [0, 0.05) is 54.5 Å². The van der Waals surface area contributed by atoms with E-state index in [0.717, 1.165) is 11.1 Å². The Labute approximate surface area is 372 Å². The molecule has 7 rings (SSSR count). The Morgan fingerprint density at radius 3 is 1.98 bits per heavy atom. The van der Waals surface area contributed by atoms with Gasteiger partial charge < -0.3 is 44.9 Å². The van der Waals surface area contributed by atoms with Gasteiger partial charge in [-0.2, -0.15) is 0 Å². The predicted octanol–water partition coefficient (Wildman–Crippen LogP) is 6.63. The number of benzene rings is 3. The number of aryl methyl sites for hydroxylation is 2. The monoisotopic (exact) mass is 876 g/mol. The maximum absolute atomic E-state index is 15.1. The van der Waals surface area contributed by atoms with Crippen molar-refractivity contribution in [2.24, 2.45) is 23.7 Å². The largest absolute Gasteiger partial charge is 0.454 e. The van der Waals surface area contributed by atoms with Crippen molar-refractivity contribution >= 4 is 34.9 Å². The third-order valence-electron chi connectivity index (χ3n) is 12.5. The molecule has 0 spiro atoms. The maximum Gasteiger partial charge on any atom is 0.343 e. The van der Waals surface area contributed by atoms with E-state index < -0.39 is 99.9 Å². The Morgan fingerprint density at radius 1 is 0.766 bits per heavy atom. The molecular weight excluding hydrogens is 821 g/mol. The first kappa shape index (κ1) is 47.3. The average Bonchev–Trinajstić information content (AvgIpc) is 3.54. The number of ether oxygens (including phenoxy) is 4. The number of Topliss-reactive ketones (excluding diaryl/α,β-unsaturated/α-hetero) is 3. The maximum atomic E-state index is 15.1. The lowest BCUT2D eigenvalue weighted by Gasteiger charge is -2.36. The number of methoxy groups -OCH3 is 1. The summed E-state index contributed by atoms with van der Waals surface area (Å²) < 4.78 is 24.0. The van der Waals surface area contributed by atoms with Crippen LogP contribution in [0.3, 0.4) is 0 Å². The Kier molecular flexibility index (Phi) is 14.0. The number of hydrogen-bond acceptors (Lipinski definition) is 13. The molecular formula is C50H56N2O12. The summed E-state index contributed by atoms with van der Waals surface area (Å²) in [6, 6.07) is 13.4. The lowest BCUT2D eigenvalue weighted by molar-refractivity contribution is -0.116. The average molecular weight is 877 g/mol. The van der Waals surface area contributed by atoms with Crippen LogP contribution >= 0.6 is 0 Å². The number of ketones is 3. The van der Waals surface area contributed by atoms with E-state index in [4.69, 9.17) is 18.9 Å². The molecule has 338 valence electrons.